The normalized spacial score (nSPS) is 10.5. The lowest BCUT2D eigenvalue weighted by Gasteiger charge is -2.09. The number of rotatable bonds is 3. The minimum Gasteiger partial charge on any atom is -0.330 e. The van der Waals surface area contributed by atoms with Crippen molar-refractivity contribution in [3.63, 3.8) is 0 Å². The smallest absolute Gasteiger partial charge is 0.210 e. The maximum atomic E-state index is 4.28. The zero-order valence-corrected chi connectivity index (χ0v) is 12.1. The highest BCUT2D eigenvalue weighted by Gasteiger charge is 2.09. The van der Waals surface area contributed by atoms with Crippen molar-refractivity contribution in [2.45, 2.75) is 13.8 Å². The van der Waals surface area contributed by atoms with E-state index in [1.807, 2.05) is 18.2 Å². The third-order valence-electron chi connectivity index (χ3n) is 3.02. The average molecular weight is 282 g/mol. The molecule has 1 N–H and O–H groups in total. The predicted molar refractivity (Wildman–Crippen MR) is 82.3 cm³/mol. The molecule has 5 heteroatoms. The molecular weight excluding hydrogens is 268 g/mol. The van der Waals surface area contributed by atoms with Crippen LogP contribution in [0.15, 0.2) is 42.6 Å². The number of hydrogen-bond donors (Lipinski definition) is 1. The van der Waals surface area contributed by atoms with Crippen LogP contribution in [-0.4, -0.2) is 15.2 Å². The van der Waals surface area contributed by atoms with Crippen LogP contribution in [0, 0.1) is 13.8 Å². The molecule has 0 aliphatic carbocycles. The molecule has 2 aromatic heterocycles. The lowest BCUT2D eigenvalue weighted by molar-refractivity contribution is 1.09. The third-order valence-corrected chi connectivity index (χ3v) is 3.88. The number of benzene rings is 1. The van der Waals surface area contributed by atoms with Crippen molar-refractivity contribution >= 4 is 22.2 Å². The van der Waals surface area contributed by atoms with E-state index in [2.05, 4.69) is 52.5 Å². The fourth-order valence-corrected chi connectivity index (χ4v) is 2.71. The van der Waals surface area contributed by atoms with Gasteiger partial charge in [-0.3, -0.25) is 4.98 Å². The lowest BCUT2D eigenvalue weighted by Crippen LogP contribution is -1.95. The van der Waals surface area contributed by atoms with Gasteiger partial charge in [0.1, 0.15) is 5.69 Å². The molecule has 3 aromatic rings. The van der Waals surface area contributed by atoms with Crippen LogP contribution in [-0.2, 0) is 0 Å². The molecule has 0 aliphatic rings. The summed E-state index contributed by atoms with van der Waals surface area (Å²) >= 11 is 1.50. The monoisotopic (exact) mass is 282 g/mol. The Kier molecular flexibility index (Phi) is 3.43. The van der Waals surface area contributed by atoms with E-state index in [9.17, 15) is 0 Å². The van der Waals surface area contributed by atoms with E-state index in [0.29, 0.717) is 0 Å². The number of nitrogens with one attached hydrogen (secondary N) is 1. The Hall–Kier alpha value is -2.27. The van der Waals surface area contributed by atoms with E-state index in [-0.39, 0.29) is 0 Å². The standard InChI is InChI=1S/C15H14N4S/c1-10-6-5-7-11(2)13(10)17-15-19-18-14(20-15)12-8-3-4-9-16-12/h3-9H,1-2H3,(H,17,19). The van der Waals surface area contributed by atoms with Gasteiger partial charge in [-0.2, -0.15) is 0 Å². The van der Waals surface area contributed by atoms with Gasteiger partial charge in [-0.05, 0) is 37.1 Å². The van der Waals surface area contributed by atoms with Crippen LogP contribution in [0.5, 0.6) is 0 Å². The van der Waals surface area contributed by atoms with Crippen molar-refractivity contribution in [3.8, 4) is 10.7 Å². The van der Waals surface area contributed by atoms with Gasteiger partial charge >= 0.3 is 0 Å². The molecule has 0 aliphatic heterocycles. The van der Waals surface area contributed by atoms with Gasteiger partial charge in [-0.25, -0.2) is 0 Å². The minimum absolute atomic E-state index is 0.781. The quantitative estimate of drug-likeness (QED) is 0.790. The number of aryl methyl sites for hydroxylation is 2. The minimum atomic E-state index is 0.781. The topological polar surface area (TPSA) is 50.7 Å². The maximum absolute atomic E-state index is 4.28. The van der Waals surface area contributed by atoms with Crippen molar-refractivity contribution in [2.24, 2.45) is 0 Å². The summed E-state index contributed by atoms with van der Waals surface area (Å²) < 4.78 is 0. The summed E-state index contributed by atoms with van der Waals surface area (Å²) in [6, 6.07) is 12.0. The molecule has 0 saturated heterocycles. The second-order valence-electron chi connectivity index (χ2n) is 4.52. The molecule has 0 spiro atoms. The summed E-state index contributed by atoms with van der Waals surface area (Å²) in [4.78, 5) is 4.28. The lowest BCUT2D eigenvalue weighted by atomic mass is 10.1. The molecule has 1 aromatic carbocycles. The molecule has 0 bridgehead atoms. The van der Waals surface area contributed by atoms with Crippen molar-refractivity contribution in [1.29, 1.82) is 0 Å². The number of pyridine rings is 1. The molecule has 3 rings (SSSR count). The second-order valence-corrected chi connectivity index (χ2v) is 5.50. The number of aromatic nitrogens is 3. The van der Waals surface area contributed by atoms with E-state index >= 15 is 0 Å². The molecule has 2 heterocycles. The highest BCUT2D eigenvalue weighted by molar-refractivity contribution is 7.18. The Morgan fingerprint density at radius 3 is 2.45 bits per heavy atom. The van der Waals surface area contributed by atoms with Gasteiger partial charge < -0.3 is 5.32 Å². The Bertz CT molecular complexity index is 701. The van der Waals surface area contributed by atoms with Crippen LogP contribution in [0.3, 0.4) is 0 Å². The maximum Gasteiger partial charge on any atom is 0.210 e. The highest BCUT2D eigenvalue weighted by Crippen LogP contribution is 2.29. The number of nitrogens with zero attached hydrogens (tertiary/aromatic N) is 3. The second kappa shape index (κ2) is 5.38. The van der Waals surface area contributed by atoms with Crippen molar-refractivity contribution < 1.29 is 0 Å². The molecule has 0 fully saturated rings. The molecule has 0 saturated carbocycles. The van der Waals surface area contributed by atoms with Crippen molar-refractivity contribution in [3.05, 3.63) is 53.7 Å². The van der Waals surface area contributed by atoms with Gasteiger partial charge in [0.2, 0.25) is 5.13 Å². The zero-order chi connectivity index (χ0) is 13.9. The molecule has 20 heavy (non-hydrogen) atoms. The van der Waals surface area contributed by atoms with Crippen LogP contribution in [0.4, 0.5) is 10.8 Å². The summed E-state index contributed by atoms with van der Waals surface area (Å²) in [5.74, 6) is 0. The molecule has 0 unspecified atom stereocenters. The molecule has 0 amide bonds. The van der Waals surface area contributed by atoms with E-state index in [4.69, 9.17) is 0 Å². The zero-order valence-electron chi connectivity index (χ0n) is 11.3. The highest BCUT2D eigenvalue weighted by atomic mass is 32.1. The Morgan fingerprint density at radius 1 is 0.950 bits per heavy atom. The predicted octanol–water partition coefficient (Wildman–Crippen LogP) is 3.96. The Morgan fingerprint density at radius 2 is 1.75 bits per heavy atom. The van der Waals surface area contributed by atoms with Crippen LogP contribution in [0.2, 0.25) is 0 Å². The van der Waals surface area contributed by atoms with Gasteiger partial charge in [0.05, 0.1) is 0 Å². The van der Waals surface area contributed by atoms with E-state index < -0.39 is 0 Å². The summed E-state index contributed by atoms with van der Waals surface area (Å²) in [7, 11) is 0. The largest absolute Gasteiger partial charge is 0.330 e. The van der Waals surface area contributed by atoms with Crippen molar-refractivity contribution in [2.75, 3.05) is 5.32 Å². The van der Waals surface area contributed by atoms with Gasteiger partial charge in [0, 0.05) is 11.9 Å². The number of para-hydroxylation sites is 1. The number of hydrogen-bond acceptors (Lipinski definition) is 5. The molecular formula is C15H14N4S. The summed E-state index contributed by atoms with van der Waals surface area (Å²) in [6.45, 7) is 4.16. The first-order valence-corrected chi connectivity index (χ1v) is 7.14. The molecule has 0 radical (unpaired) electrons. The van der Waals surface area contributed by atoms with E-state index in [1.165, 1.54) is 22.5 Å². The summed E-state index contributed by atoms with van der Waals surface area (Å²) in [5.41, 5.74) is 4.33. The summed E-state index contributed by atoms with van der Waals surface area (Å²) in [5, 5.41) is 13.3. The molecule has 4 nitrogen and oxygen atoms in total. The average Bonchev–Trinajstić information content (AvgIpc) is 2.93. The third kappa shape index (κ3) is 2.53. The Balaban J connectivity index is 1.88. The van der Waals surface area contributed by atoms with Gasteiger partial charge in [-0.15, -0.1) is 10.2 Å². The fraction of sp³-hybridized carbons (Fsp3) is 0.133. The first kappa shape index (κ1) is 12.7. The Labute approximate surface area is 121 Å². The van der Waals surface area contributed by atoms with Gasteiger partial charge in [-0.1, -0.05) is 35.6 Å². The first-order valence-electron chi connectivity index (χ1n) is 6.32. The van der Waals surface area contributed by atoms with E-state index in [1.54, 1.807) is 6.20 Å². The first-order chi connectivity index (χ1) is 9.74. The van der Waals surface area contributed by atoms with Gasteiger partial charge in [0.15, 0.2) is 5.01 Å². The van der Waals surface area contributed by atoms with Crippen LogP contribution < -0.4 is 5.32 Å². The van der Waals surface area contributed by atoms with Crippen LogP contribution >= 0.6 is 11.3 Å². The SMILES string of the molecule is Cc1cccc(C)c1Nc1nnc(-c2ccccn2)s1. The summed E-state index contributed by atoms with van der Waals surface area (Å²) in [6.07, 6.45) is 1.76. The van der Waals surface area contributed by atoms with Crippen molar-refractivity contribution in [1.82, 2.24) is 15.2 Å². The van der Waals surface area contributed by atoms with Gasteiger partial charge in [0.25, 0.3) is 0 Å². The van der Waals surface area contributed by atoms with Crippen LogP contribution in [0.25, 0.3) is 10.7 Å². The van der Waals surface area contributed by atoms with E-state index in [0.717, 1.165) is 21.5 Å². The fourth-order valence-electron chi connectivity index (χ4n) is 1.99. The molecule has 100 valence electrons. The van der Waals surface area contributed by atoms with Crippen LogP contribution in [0.1, 0.15) is 11.1 Å². The number of anilines is 2. The molecule has 0 atom stereocenters.